The maximum Gasteiger partial charge on any atom is 0.269 e. The summed E-state index contributed by atoms with van der Waals surface area (Å²) in [6, 6.07) is 5.03. The average Bonchev–Trinajstić information content (AvgIpc) is 2.49. The fraction of sp³-hybridized carbons (Fsp3) is 0.600. The highest BCUT2D eigenvalue weighted by atomic mass is 16.6. The third-order valence-electron chi connectivity index (χ3n) is 3.74. The van der Waals surface area contributed by atoms with Gasteiger partial charge in [-0.05, 0) is 25.0 Å². The lowest BCUT2D eigenvalue weighted by atomic mass is 10.1. The number of benzene rings is 1. The monoisotopic (exact) mass is 293 g/mol. The van der Waals surface area contributed by atoms with Crippen molar-refractivity contribution in [2.24, 2.45) is 0 Å². The van der Waals surface area contributed by atoms with Crippen molar-refractivity contribution in [3.63, 3.8) is 0 Å². The number of ether oxygens (including phenoxy) is 1. The van der Waals surface area contributed by atoms with Crippen LogP contribution in [-0.4, -0.2) is 42.2 Å². The van der Waals surface area contributed by atoms with E-state index in [1.54, 1.807) is 18.2 Å². The number of rotatable bonds is 6. The van der Waals surface area contributed by atoms with E-state index < -0.39 is 0 Å². The lowest BCUT2D eigenvalue weighted by Crippen LogP contribution is -2.41. The molecule has 0 aromatic heterocycles. The van der Waals surface area contributed by atoms with E-state index in [1.807, 2.05) is 6.92 Å². The van der Waals surface area contributed by atoms with E-state index >= 15 is 0 Å². The maximum absolute atomic E-state index is 11.0. The minimum Gasteiger partial charge on any atom is -0.385 e. The second-order valence-electron chi connectivity index (χ2n) is 5.27. The van der Waals surface area contributed by atoms with Crippen LogP contribution in [0.5, 0.6) is 0 Å². The van der Waals surface area contributed by atoms with E-state index in [1.165, 1.54) is 0 Å². The number of nitro groups is 1. The van der Waals surface area contributed by atoms with Crippen LogP contribution in [0.15, 0.2) is 18.2 Å². The van der Waals surface area contributed by atoms with Crippen LogP contribution in [-0.2, 0) is 11.3 Å². The Labute approximate surface area is 125 Å². The average molecular weight is 293 g/mol. The number of hydrogen-bond donors (Lipinski definition) is 1. The molecule has 0 amide bonds. The van der Waals surface area contributed by atoms with Crippen molar-refractivity contribution >= 4 is 11.4 Å². The molecule has 0 spiro atoms. The van der Waals surface area contributed by atoms with Crippen LogP contribution in [0.4, 0.5) is 11.4 Å². The summed E-state index contributed by atoms with van der Waals surface area (Å²) in [5, 5.41) is 14.2. The minimum absolute atomic E-state index is 0.145. The molecule has 21 heavy (non-hydrogen) atoms. The van der Waals surface area contributed by atoms with Crippen LogP contribution in [0.2, 0.25) is 0 Å². The molecule has 1 aromatic rings. The normalized spacial score (nSPS) is 19.4. The Kier molecular flexibility index (Phi) is 5.52. The predicted molar refractivity (Wildman–Crippen MR) is 82.6 cm³/mol. The Morgan fingerprint density at radius 2 is 2.29 bits per heavy atom. The highest BCUT2D eigenvalue weighted by Crippen LogP contribution is 2.24. The second-order valence-corrected chi connectivity index (χ2v) is 5.27. The first-order chi connectivity index (χ1) is 10.1. The van der Waals surface area contributed by atoms with Gasteiger partial charge in [-0.15, -0.1) is 0 Å². The summed E-state index contributed by atoms with van der Waals surface area (Å²) < 4.78 is 5.67. The largest absolute Gasteiger partial charge is 0.385 e. The predicted octanol–water partition coefficient (Wildman–Crippen LogP) is 2.64. The Morgan fingerprint density at radius 1 is 1.48 bits per heavy atom. The molecule has 1 aromatic carbocycles. The summed E-state index contributed by atoms with van der Waals surface area (Å²) in [4.78, 5) is 12.9. The number of nitrogens with zero attached hydrogens (tertiary/aromatic N) is 2. The van der Waals surface area contributed by atoms with Crippen molar-refractivity contribution in [1.82, 2.24) is 4.90 Å². The lowest BCUT2D eigenvalue weighted by Gasteiger charge is -2.32. The molecule has 1 aliphatic heterocycles. The van der Waals surface area contributed by atoms with Crippen LogP contribution < -0.4 is 5.32 Å². The molecule has 0 bridgehead atoms. The summed E-state index contributed by atoms with van der Waals surface area (Å²) in [5.41, 5.74) is 2.09. The zero-order valence-electron chi connectivity index (χ0n) is 12.7. The number of non-ortho nitro benzene ring substituents is 1. The molecule has 1 N–H and O–H groups in total. The number of hydrogen-bond acceptors (Lipinski definition) is 5. The van der Waals surface area contributed by atoms with E-state index in [-0.39, 0.29) is 16.7 Å². The zero-order valence-corrected chi connectivity index (χ0v) is 12.7. The number of anilines is 1. The van der Waals surface area contributed by atoms with Crippen molar-refractivity contribution in [1.29, 1.82) is 0 Å². The van der Waals surface area contributed by atoms with Crippen molar-refractivity contribution in [2.75, 3.05) is 31.6 Å². The minimum atomic E-state index is -0.340. The molecule has 1 fully saturated rings. The Morgan fingerprint density at radius 3 is 2.95 bits per heavy atom. The molecular weight excluding hydrogens is 270 g/mol. The van der Waals surface area contributed by atoms with E-state index in [2.05, 4.69) is 17.1 Å². The molecule has 6 nitrogen and oxygen atoms in total. The smallest absolute Gasteiger partial charge is 0.269 e. The van der Waals surface area contributed by atoms with E-state index in [9.17, 15) is 10.1 Å². The Hall–Kier alpha value is -1.66. The van der Waals surface area contributed by atoms with Gasteiger partial charge in [0.1, 0.15) is 0 Å². The van der Waals surface area contributed by atoms with Gasteiger partial charge in [-0.25, -0.2) is 0 Å². The third-order valence-corrected chi connectivity index (χ3v) is 3.74. The molecule has 1 atom stereocenters. The van der Waals surface area contributed by atoms with Crippen molar-refractivity contribution < 1.29 is 9.66 Å². The van der Waals surface area contributed by atoms with Gasteiger partial charge >= 0.3 is 0 Å². The van der Waals surface area contributed by atoms with E-state index in [0.29, 0.717) is 6.54 Å². The van der Waals surface area contributed by atoms with Gasteiger partial charge in [-0.3, -0.25) is 15.0 Å². The summed E-state index contributed by atoms with van der Waals surface area (Å²) in [7, 11) is 0. The van der Waals surface area contributed by atoms with Gasteiger partial charge in [0.15, 0.2) is 0 Å². The van der Waals surface area contributed by atoms with Crippen molar-refractivity contribution in [3.8, 4) is 0 Å². The lowest BCUT2D eigenvalue weighted by molar-refractivity contribution is -0.384. The van der Waals surface area contributed by atoms with Gasteiger partial charge in [-0.2, -0.15) is 0 Å². The topological polar surface area (TPSA) is 67.6 Å². The summed E-state index contributed by atoms with van der Waals surface area (Å²) in [6.07, 6.45) is 1.26. The summed E-state index contributed by atoms with van der Waals surface area (Å²) >= 11 is 0. The summed E-state index contributed by atoms with van der Waals surface area (Å²) in [6.45, 7) is 8.12. The van der Waals surface area contributed by atoms with Crippen LogP contribution in [0.25, 0.3) is 0 Å². The van der Waals surface area contributed by atoms with Gasteiger partial charge < -0.3 is 10.1 Å². The molecule has 116 valence electrons. The standard InChI is InChI=1S/C15H23N3O3/c1-3-14-11-17(7-8-21-14)10-12-9-13(18(19)20)5-6-15(12)16-4-2/h5-6,9,14,16H,3-4,7-8,10-11H2,1-2H3. The maximum atomic E-state index is 11.0. The van der Waals surface area contributed by atoms with Crippen molar-refractivity contribution in [3.05, 3.63) is 33.9 Å². The molecule has 1 aliphatic rings. The zero-order chi connectivity index (χ0) is 15.2. The fourth-order valence-electron chi connectivity index (χ4n) is 2.60. The molecule has 0 aliphatic carbocycles. The van der Waals surface area contributed by atoms with E-state index in [4.69, 9.17) is 4.74 Å². The third kappa shape index (κ3) is 4.15. The molecular formula is C15H23N3O3. The first-order valence-corrected chi connectivity index (χ1v) is 7.49. The molecule has 0 saturated carbocycles. The van der Waals surface area contributed by atoms with Crippen molar-refractivity contribution in [2.45, 2.75) is 32.9 Å². The second kappa shape index (κ2) is 7.38. The molecule has 1 saturated heterocycles. The highest BCUT2D eigenvalue weighted by molar-refractivity contribution is 5.56. The summed E-state index contributed by atoms with van der Waals surface area (Å²) in [5.74, 6) is 0. The molecule has 1 unspecified atom stereocenters. The SMILES string of the molecule is CCNc1ccc([N+](=O)[O-])cc1CN1CCOC(CC)C1. The molecule has 1 heterocycles. The molecule has 6 heteroatoms. The van der Waals surface area contributed by atoms with Gasteiger partial charge in [-0.1, -0.05) is 6.92 Å². The van der Waals surface area contributed by atoms with Gasteiger partial charge in [0.05, 0.1) is 17.6 Å². The van der Waals surface area contributed by atoms with Crippen LogP contribution in [0.3, 0.4) is 0 Å². The Bertz CT molecular complexity index is 493. The van der Waals surface area contributed by atoms with E-state index in [0.717, 1.165) is 43.9 Å². The number of morpholine rings is 1. The molecule has 2 rings (SSSR count). The first-order valence-electron chi connectivity index (χ1n) is 7.49. The van der Waals surface area contributed by atoms with Gasteiger partial charge in [0.2, 0.25) is 0 Å². The molecule has 0 radical (unpaired) electrons. The Balaban J connectivity index is 2.15. The number of nitrogens with one attached hydrogen (secondary N) is 1. The quantitative estimate of drug-likeness (QED) is 0.645. The van der Waals surface area contributed by atoms with Crippen LogP contribution in [0.1, 0.15) is 25.8 Å². The first kappa shape index (κ1) is 15.7. The fourth-order valence-corrected chi connectivity index (χ4v) is 2.60. The van der Waals surface area contributed by atoms with Gasteiger partial charge in [0, 0.05) is 44.0 Å². The number of nitro benzene ring substituents is 1. The van der Waals surface area contributed by atoms with Crippen LogP contribution >= 0.6 is 0 Å². The van der Waals surface area contributed by atoms with Crippen LogP contribution in [0, 0.1) is 10.1 Å². The van der Waals surface area contributed by atoms with Gasteiger partial charge in [0.25, 0.3) is 5.69 Å². The highest BCUT2D eigenvalue weighted by Gasteiger charge is 2.20.